The van der Waals surface area contributed by atoms with Crippen LogP contribution >= 0.6 is 24.0 Å². The van der Waals surface area contributed by atoms with Crippen molar-refractivity contribution in [3.05, 3.63) is 70.3 Å². The molecule has 2 aromatic carbocycles. The van der Waals surface area contributed by atoms with Gasteiger partial charge in [0.05, 0.1) is 6.04 Å². The Morgan fingerprint density at radius 1 is 1.09 bits per heavy atom. The smallest absolute Gasteiger partial charge is 0.253 e. The van der Waals surface area contributed by atoms with Crippen LogP contribution in [0.1, 0.15) is 65.3 Å². The van der Waals surface area contributed by atoms with Crippen LogP contribution in [0.25, 0.3) is 0 Å². The number of carbonyl (C=O) groups is 1. The minimum atomic E-state index is 0. The quantitative estimate of drug-likeness (QED) is 0.299. The standard InChI is InChI=1S/C26H36N4O.HI/c1-5-27-26(28-16-15-20-9-8-12-24(17-20)25(31)30(3)4)29-19(2)22-14-13-21-10-6-7-11-23(21)18-22;/h8-9,12-14,17-19H,5-7,10-11,15-16H2,1-4H3,(H2,27,28,29);1H. The molecule has 0 aromatic heterocycles. The highest BCUT2D eigenvalue weighted by Gasteiger charge is 2.13. The van der Waals surface area contributed by atoms with Gasteiger partial charge in [0.1, 0.15) is 0 Å². The number of hydrogen-bond donors (Lipinski definition) is 2. The van der Waals surface area contributed by atoms with E-state index in [1.807, 2.05) is 18.2 Å². The van der Waals surface area contributed by atoms with E-state index in [1.54, 1.807) is 19.0 Å². The normalized spacial score (nSPS) is 14.1. The highest BCUT2D eigenvalue weighted by atomic mass is 127. The van der Waals surface area contributed by atoms with E-state index in [-0.39, 0.29) is 35.9 Å². The molecule has 1 amide bonds. The lowest BCUT2D eigenvalue weighted by atomic mass is 9.89. The number of carbonyl (C=O) groups excluding carboxylic acids is 1. The van der Waals surface area contributed by atoms with Crippen LogP contribution in [0.2, 0.25) is 0 Å². The van der Waals surface area contributed by atoms with Crippen molar-refractivity contribution in [1.29, 1.82) is 0 Å². The lowest BCUT2D eigenvalue weighted by Gasteiger charge is -2.21. The molecule has 0 fully saturated rings. The van der Waals surface area contributed by atoms with Crippen LogP contribution in [0.4, 0.5) is 0 Å². The van der Waals surface area contributed by atoms with E-state index in [0.717, 1.165) is 30.1 Å². The summed E-state index contributed by atoms with van der Waals surface area (Å²) in [6.45, 7) is 5.74. The third-order valence-electron chi connectivity index (χ3n) is 5.82. The highest BCUT2D eigenvalue weighted by Crippen LogP contribution is 2.24. The Hall–Kier alpha value is -2.09. The summed E-state index contributed by atoms with van der Waals surface area (Å²) in [5, 5.41) is 6.90. The van der Waals surface area contributed by atoms with Crippen LogP contribution < -0.4 is 10.6 Å². The average molecular weight is 549 g/mol. The predicted octanol–water partition coefficient (Wildman–Crippen LogP) is 4.74. The van der Waals surface area contributed by atoms with E-state index in [9.17, 15) is 4.79 Å². The Kier molecular flexibility index (Phi) is 10.5. The van der Waals surface area contributed by atoms with E-state index in [4.69, 9.17) is 4.99 Å². The zero-order valence-corrected chi connectivity index (χ0v) is 22.1. The Morgan fingerprint density at radius 2 is 1.84 bits per heavy atom. The van der Waals surface area contributed by atoms with Crippen molar-refractivity contribution >= 4 is 35.8 Å². The maximum atomic E-state index is 12.2. The van der Waals surface area contributed by atoms with Crippen LogP contribution in [0.15, 0.2) is 47.5 Å². The molecule has 0 saturated carbocycles. The molecule has 32 heavy (non-hydrogen) atoms. The molecule has 0 heterocycles. The number of aryl methyl sites for hydroxylation is 2. The molecule has 6 heteroatoms. The molecule has 3 rings (SSSR count). The number of hydrogen-bond acceptors (Lipinski definition) is 2. The number of nitrogens with zero attached hydrogens (tertiary/aromatic N) is 2. The SMILES string of the molecule is CCNC(=NCCc1cccc(C(=O)N(C)C)c1)NC(C)c1ccc2c(c1)CCCC2.I. The summed E-state index contributed by atoms with van der Waals surface area (Å²) >= 11 is 0. The van der Waals surface area contributed by atoms with Crippen LogP contribution in [-0.2, 0) is 19.3 Å². The molecule has 1 unspecified atom stereocenters. The number of aliphatic imine (C=N–C) groups is 1. The Labute approximate surface area is 210 Å². The molecule has 1 aliphatic rings. The van der Waals surface area contributed by atoms with Crippen molar-refractivity contribution in [1.82, 2.24) is 15.5 Å². The lowest BCUT2D eigenvalue weighted by Crippen LogP contribution is -2.39. The molecule has 0 radical (unpaired) electrons. The van der Waals surface area contributed by atoms with Crippen molar-refractivity contribution in [3.63, 3.8) is 0 Å². The third kappa shape index (κ3) is 7.22. The van der Waals surface area contributed by atoms with Gasteiger partial charge in [-0.2, -0.15) is 0 Å². The summed E-state index contributed by atoms with van der Waals surface area (Å²) in [6, 6.07) is 14.9. The van der Waals surface area contributed by atoms with Crippen LogP contribution in [0.3, 0.4) is 0 Å². The first-order valence-electron chi connectivity index (χ1n) is 11.4. The average Bonchev–Trinajstić information content (AvgIpc) is 2.78. The van der Waals surface area contributed by atoms with E-state index in [2.05, 4.69) is 48.7 Å². The van der Waals surface area contributed by atoms with Gasteiger partial charge in [0.25, 0.3) is 5.91 Å². The van der Waals surface area contributed by atoms with Gasteiger partial charge in [-0.15, -0.1) is 24.0 Å². The van der Waals surface area contributed by atoms with Gasteiger partial charge in [-0.3, -0.25) is 9.79 Å². The number of amides is 1. The Bertz CT molecular complexity index is 926. The number of benzene rings is 2. The van der Waals surface area contributed by atoms with Gasteiger partial charge in [-0.05, 0) is 80.3 Å². The van der Waals surface area contributed by atoms with Crippen molar-refractivity contribution in [2.45, 2.75) is 52.0 Å². The minimum Gasteiger partial charge on any atom is -0.357 e. The van der Waals surface area contributed by atoms with Crippen LogP contribution in [-0.4, -0.2) is 44.0 Å². The van der Waals surface area contributed by atoms with Crippen molar-refractivity contribution in [2.75, 3.05) is 27.2 Å². The molecular weight excluding hydrogens is 511 g/mol. The first kappa shape index (κ1) is 26.2. The summed E-state index contributed by atoms with van der Waals surface area (Å²) < 4.78 is 0. The van der Waals surface area contributed by atoms with Gasteiger partial charge in [-0.25, -0.2) is 0 Å². The second-order valence-electron chi connectivity index (χ2n) is 8.51. The first-order chi connectivity index (χ1) is 15.0. The Morgan fingerprint density at radius 3 is 2.56 bits per heavy atom. The maximum absolute atomic E-state index is 12.2. The van der Waals surface area contributed by atoms with Gasteiger partial charge < -0.3 is 15.5 Å². The summed E-state index contributed by atoms with van der Waals surface area (Å²) in [6.07, 6.45) is 5.80. The van der Waals surface area contributed by atoms with Crippen LogP contribution in [0, 0.1) is 0 Å². The van der Waals surface area contributed by atoms with Gasteiger partial charge in [0.2, 0.25) is 0 Å². The predicted molar refractivity (Wildman–Crippen MR) is 144 cm³/mol. The molecule has 174 valence electrons. The number of fused-ring (bicyclic) bond motifs is 1. The molecule has 1 aliphatic carbocycles. The molecule has 0 saturated heterocycles. The van der Waals surface area contributed by atoms with E-state index in [1.165, 1.54) is 42.4 Å². The summed E-state index contributed by atoms with van der Waals surface area (Å²) in [4.78, 5) is 18.6. The monoisotopic (exact) mass is 548 g/mol. The largest absolute Gasteiger partial charge is 0.357 e. The van der Waals surface area contributed by atoms with E-state index in [0.29, 0.717) is 6.54 Å². The first-order valence-corrected chi connectivity index (χ1v) is 11.4. The lowest BCUT2D eigenvalue weighted by molar-refractivity contribution is 0.0827. The van der Waals surface area contributed by atoms with Gasteiger partial charge >= 0.3 is 0 Å². The summed E-state index contributed by atoms with van der Waals surface area (Å²) in [7, 11) is 3.55. The maximum Gasteiger partial charge on any atom is 0.253 e. The van der Waals surface area contributed by atoms with Crippen molar-refractivity contribution in [3.8, 4) is 0 Å². The van der Waals surface area contributed by atoms with Gasteiger partial charge in [-0.1, -0.05) is 30.3 Å². The molecule has 5 nitrogen and oxygen atoms in total. The fraction of sp³-hybridized carbons (Fsp3) is 0.462. The fourth-order valence-corrected chi connectivity index (χ4v) is 4.05. The molecule has 1 atom stereocenters. The second kappa shape index (κ2) is 12.8. The van der Waals surface area contributed by atoms with Crippen molar-refractivity contribution in [2.24, 2.45) is 4.99 Å². The third-order valence-corrected chi connectivity index (χ3v) is 5.82. The zero-order chi connectivity index (χ0) is 22.2. The van der Waals surface area contributed by atoms with Crippen molar-refractivity contribution < 1.29 is 4.79 Å². The molecule has 0 spiro atoms. The minimum absolute atomic E-state index is 0. The van der Waals surface area contributed by atoms with E-state index >= 15 is 0 Å². The molecule has 0 bridgehead atoms. The Balaban J connectivity index is 0.00000363. The number of guanidine groups is 1. The highest BCUT2D eigenvalue weighted by molar-refractivity contribution is 14.0. The van der Waals surface area contributed by atoms with E-state index < -0.39 is 0 Å². The summed E-state index contributed by atoms with van der Waals surface area (Å²) in [5.74, 6) is 0.854. The molecular formula is C26H37IN4O. The second-order valence-corrected chi connectivity index (χ2v) is 8.51. The van der Waals surface area contributed by atoms with Gasteiger partial charge in [0, 0.05) is 32.7 Å². The number of halogens is 1. The number of nitrogens with one attached hydrogen (secondary N) is 2. The topological polar surface area (TPSA) is 56.7 Å². The zero-order valence-electron chi connectivity index (χ0n) is 19.8. The molecule has 0 aliphatic heterocycles. The summed E-state index contributed by atoms with van der Waals surface area (Å²) in [5.41, 5.74) is 6.16. The fourth-order valence-electron chi connectivity index (χ4n) is 4.05. The van der Waals surface area contributed by atoms with Crippen LogP contribution in [0.5, 0.6) is 0 Å². The van der Waals surface area contributed by atoms with Gasteiger partial charge in [0.15, 0.2) is 5.96 Å². The molecule has 2 aromatic rings. The number of rotatable bonds is 7. The molecule has 2 N–H and O–H groups in total.